The zero-order valence-electron chi connectivity index (χ0n) is 16.9. The van der Waals surface area contributed by atoms with Crippen molar-refractivity contribution in [1.29, 1.82) is 5.26 Å². The van der Waals surface area contributed by atoms with Crippen molar-refractivity contribution in [2.75, 3.05) is 17.2 Å². The average Bonchev–Trinajstić information content (AvgIpc) is 2.96. The van der Waals surface area contributed by atoms with E-state index in [1.54, 1.807) is 0 Å². The van der Waals surface area contributed by atoms with Crippen molar-refractivity contribution in [1.82, 2.24) is 9.55 Å². The van der Waals surface area contributed by atoms with Crippen LogP contribution >= 0.6 is 11.8 Å². The number of aromatic nitrogens is 2. The highest BCUT2D eigenvalue weighted by atomic mass is 32.2. The Morgan fingerprint density at radius 3 is 2.52 bits per heavy atom. The number of carbonyl (C=O) groups excluding carboxylic acids is 1. The molecule has 0 bridgehead atoms. The molecule has 0 radical (unpaired) electrons. The Labute approximate surface area is 174 Å². The zero-order valence-corrected chi connectivity index (χ0v) is 17.7. The molecule has 0 aliphatic carbocycles. The number of nitrogen functional groups attached to an aromatic ring is 2. The number of rotatable bonds is 5. The maximum Gasteiger partial charge on any atom is 0.174 e. The Hall–Kier alpha value is -3.24. The molecule has 2 aromatic heterocycles. The number of nitriles is 1. The quantitative estimate of drug-likeness (QED) is 0.488. The second kappa shape index (κ2) is 8.02. The molecule has 0 saturated carbocycles. The first kappa shape index (κ1) is 20.5. The van der Waals surface area contributed by atoms with Gasteiger partial charge in [0.05, 0.1) is 11.4 Å². The minimum atomic E-state index is -0.0372. The van der Waals surface area contributed by atoms with Crippen LogP contribution in [0.2, 0.25) is 0 Å². The van der Waals surface area contributed by atoms with Crippen LogP contribution < -0.4 is 11.5 Å². The van der Waals surface area contributed by atoms with E-state index in [0.29, 0.717) is 10.6 Å². The van der Waals surface area contributed by atoms with Crippen LogP contribution in [0.4, 0.5) is 11.5 Å². The number of benzene rings is 1. The van der Waals surface area contributed by atoms with E-state index in [1.807, 2.05) is 26.0 Å². The number of ketones is 1. The highest BCUT2D eigenvalue weighted by Crippen LogP contribution is 2.28. The Morgan fingerprint density at radius 2 is 1.86 bits per heavy atom. The summed E-state index contributed by atoms with van der Waals surface area (Å²) in [5, 5.41) is 9.69. The number of Topliss-reactive ketones (excluding diaryl/α,β-unsaturated/α-hetero) is 1. The van der Waals surface area contributed by atoms with Crippen molar-refractivity contribution in [2.24, 2.45) is 0 Å². The first-order valence-electron chi connectivity index (χ1n) is 9.11. The molecule has 148 valence electrons. The summed E-state index contributed by atoms with van der Waals surface area (Å²) in [6.45, 7) is 8.08. The van der Waals surface area contributed by atoms with Gasteiger partial charge in [0.25, 0.3) is 0 Å². The van der Waals surface area contributed by atoms with Crippen molar-refractivity contribution in [3.8, 4) is 11.8 Å². The van der Waals surface area contributed by atoms with Crippen LogP contribution in [0.1, 0.15) is 38.4 Å². The third-order valence-electron chi connectivity index (χ3n) is 4.97. The lowest BCUT2D eigenvalue weighted by Gasteiger charge is -2.12. The minimum absolute atomic E-state index is 0.0372. The van der Waals surface area contributed by atoms with E-state index < -0.39 is 0 Å². The topological polar surface area (TPSA) is 111 Å². The fraction of sp³-hybridized carbons (Fsp3) is 0.227. The molecule has 0 amide bonds. The summed E-state index contributed by atoms with van der Waals surface area (Å²) in [5.74, 6) is 0.330. The van der Waals surface area contributed by atoms with Crippen molar-refractivity contribution in [3.05, 3.63) is 64.0 Å². The van der Waals surface area contributed by atoms with Crippen LogP contribution in [0.3, 0.4) is 0 Å². The Kier molecular flexibility index (Phi) is 5.66. The van der Waals surface area contributed by atoms with Gasteiger partial charge in [0.2, 0.25) is 0 Å². The number of carbonyl (C=O) groups is 1. The van der Waals surface area contributed by atoms with Crippen molar-refractivity contribution < 1.29 is 4.79 Å². The van der Waals surface area contributed by atoms with Gasteiger partial charge in [-0.15, -0.1) is 0 Å². The summed E-state index contributed by atoms with van der Waals surface area (Å²) in [6.07, 6.45) is 0. The minimum Gasteiger partial charge on any atom is -0.397 e. The second-order valence-electron chi connectivity index (χ2n) is 7.03. The van der Waals surface area contributed by atoms with Gasteiger partial charge in [-0.25, -0.2) is 4.98 Å². The van der Waals surface area contributed by atoms with E-state index in [0.717, 1.165) is 17.1 Å². The van der Waals surface area contributed by atoms with Gasteiger partial charge in [-0.05, 0) is 57.0 Å². The zero-order chi connectivity index (χ0) is 21.3. The van der Waals surface area contributed by atoms with E-state index in [-0.39, 0.29) is 28.6 Å². The number of anilines is 2. The number of nitrogens with zero attached hydrogens (tertiary/aromatic N) is 3. The molecule has 0 atom stereocenters. The number of nitrogens with two attached hydrogens (primary N) is 2. The predicted octanol–water partition coefficient (Wildman–Crippen LogP) is 4.12. The summed E-state index contributed by atoms with van der Waals surface area (Å²) in [6, 6.07) is 11.6. The lowest BCUT2D eigenvalue weighted by Crippen LogP contribution is -2.07. The van der Waals surface area contributed by atoms with Gasteiger partial charge in [0.1, 0.15) is 22.5 Å². The molecular formula is C22H23N5OS. The molecule has 0 aliphatic rings. The first-order chi connectivity index (χ1) is 13.7. The monoisotopic (exact) mass is 405 g/mol. The van der Waals surface area contributed by atoms with Crippen LogP contribution in [-0.2, 0) is 0 Å². The molecular weight excluding hydrogens is 382 g/mol. The summed E-state index contributed by atoms with van der Waals surface area (Å²) >= 11 is 1.17. The van der Waals surface area contributed by atoms with Gasteiger partial charge in [0, 0.05) is 28.7 Å². The maximum absolute atomic E-state index is 12.9. The molecule has 0 saturated heterocycles. The summed E-state index contributed by atoms with van der Waals surface area (Å²) in [5.41, 5.74) is 18.1. The van der Waals surface area contributed by atoms with Crippen LogP contribution in [-0.4, -0.2) is 21.1 Å². The largest absolute Gasteiger partial charge is 0.397 e. The Bertz CT molecular complexity index is 1160. The highest BCUT2D eigenvalue weighted by Gasteiger charge is 2.19. The highest BCUT2D eigenvalue weighted by molar-refractivity contribution is 8.00. The molecule has 0 fully saturated rings. The van der Waals surface area contributed by atoms with Gasteiger partial charge in [-0.3, -0.25) is 4.79 Å². The average molecular weight is 406 g/mol. The molecule has 0 spiro atoms. The van der Waals surface area contributed by atoms with E-state index >= 15 is 0 Å². The predicted molar refractivity (Wildman–Crippen MR) is 118 cm³/mol. The van der Waals surface area contributed by atoms with Gasteiger partial charge < -0.3 is 16.0 Å². The standard InChI is InChI=1S/C22H23N5OS/c1-12-5-6-16(7-13(12)2)27-14(3)8-17(15(27)4)20(28)11-29-22-18(10-23)19(24)9-21(25)26-22/h5-9H,11H2,1-4H3,(H4,24,25,26). The molecule has 2 heterocycles. The van der Waals surface area contributed by atoms with E-state index in [4.69, 9.17) is 11.5 Å². The molecule has 0 aliphatic heterocycles. The SMILES string of the molecule is Cc1ccc(-n2c(C)cc(C(=O)CSc3nc(N)cc(N)c3C#N)c2C)cc1C. The van der Waals surface area contributed by atoms with Gasteiger partial charge in [0.15, 0.2) is 5.78 Å². The van der Waals surface area contributed by atoms with E-state index in [1.165, 1.54) is 29.0 Å². The second-order valence-corrected chi connectivity index (χ2v) is 7.99. The fourth-order valence-corrected chi connectivity index (χ4v) is 4.20. The maximum atomic E-state index is 12.9. The molecule has 6 nitrogen and oxygen atoms in total. The summed E-state index contributed by atoms with van der Waals surface area (Å²) in [7, 11) is 0. The van der Waals surface area contributed by atoms with Crippen molar-refractivity contribution in [2.45, 2.75) is 32.7 Å². The van der Waals surface area contributed by atoms with Crippen LogP contribution in [0, 0.1) is 39.0 Å². The number of hydrogen-bond donors (Lipinski definition) is 2. The third-order valence-corrected chi connectivity index (χ3v) is 5.94. The van der Waals surface area contributed by atoms with Gasteiger partial charge >= 0.3 is 0 Å². The molecule has 3 rings (SSSR count). The van der Waals surface area contributed by atoms with Crippen molar-refractivity contribution in [3.63, 3.8) is 0 Å². The van der Waals surface area contributed by atoms with Gasteiger partial charge in [-0.1, -0.05) is 17.8 Å². The molecule has 3 aromatic rings. The molecule has 0 unspecified atom stereocenters. The number of aryl methyl sites for hydroxylation is 3. The number of hydrogen-bond acceptors (Lipinski definition) is 6. The fourth-order valence-electron chi connectivity index (χ4n) is 3.30. The molecule has 1 aromatic carbocycles. The Balaban J connectivity index is 1.88. The summed E-state index contributed by atoms with van der Waals surface area (Å²) < 4.78 is 2.09. The molecule has 4 N–H and O–H groups in total. The van der Waals surface area contributed by atoms with E-state index in [2.05, 4.69) is 41.6 Å². The van der Waals surface area contributed by atoms with Crippen LogP contribution in [0.5, 0.6) is 0 Å². The summed E-state index contributed by atoms with van der Waals surface area (Å²) in [4.78, 5) is 17.1. The van der Waals surface area contributed by atoms with Crippen molar-refractivity contribution >= 4 is 29.1 Å². The molecule has 29 heavy (non-hydrogen) atoms. The normalized spacial score (nSPS) is 10.7. The lowest BCUT2D eigenvalue weighted by atomic mass is 10.1. The Morgan fingerprint density at radius 1 is 1.14 bits per heavy atom. The van der Waals surface area contributed by atoms with Crippen LogP contribution in [0.25, 0.3) is 5.69 Å². The van der Waals surface area contributed by atoms with Gasteiger partial charge in [-0.2, -0.15) is 5.26 Å². The van der Waals surface area contributed by atoms with Crippen LogP contribution in [0.15, 0.2) is 35.4 Å². The first-order valence-corrected chi connectivity index (χ1v) is 10.1. The number of thioether (sulfide) groups is 1. The number of pyridine rings is 1. The van der Waals surface area contributed by atoms with E-state index in [9.17, 15) is 10.1 Å². The smallest absolute Gasteiger partial charge is 0.174 e. The molecule has 7 heteroatoms. The lowest BCUT2D eigenvalue weighted by molar-refractivity contribution is 0.102. The third kappa shape index (κ3) is 3.98.